The van der Waals surface area contributed by atoms with Crippen molar-refractivity contribution in [3.8, 4) is 6.07 Å². The fourth-order valence-electron chi connectivity index (χ4n) is 1.38. The van der Waals surface area contributed by atoms with Crippen LogP contribution in [0.3, 0.4) is 0 Å². The average molecular weight is 166 g/mol. The molecule has 0 aromatic carbocycles. The lowest BCUT2D eigenvalue weighted by Gasteiger charge is -2.35. The predicted octanol–water partition coefficient (Wildman–Crippen LogP) is 2.02. The van der Waals surface area contributed by atoms with Gasteiger partial charge in [0.05, 0.1) is 6.07 Å². The van der Waals surface area contributed by atoms with Crippen molar-refractivity contribution in [2.45, 2.75) is 38.6 Å². The van der Waals surface area contributed by atoms with E-state index in [0.29, 0.717) is 0 Å². The smallest absolute Gasteiger partial charge is 0.103 e. The SMILES string of the molecule is CN(CC1CCC1)C(C)(C)C#N. The first-order valence-corrected chi connectivity index (χ1v) is 4.69. The van der Waals surface area contributed by atoms with Gasteiger partial charge in [0.1, 0.15) is 5.54 Å². The monoisotopic (exact) mass is 166 g/mol. The standard InChI is InChI=1S/C10H18N2/c1-10(2,8-11)12(3)7-9-5-4-6-9/h9H,4-7H2,1-3H3. The second kappa shape index (κ2) is 3.45. The van der Waals surface area contributed by atoms with Crippen LogP contribution in [0.15, 0.2) is 0 Å². The van der Waals surface area contributed by atoms with Gasteiger partial charge in [-0.3, -0.25) is 4.90 Å². The van der Waals surface area contributed by atoms with E-state index in [2.05, 4.69) is 11.0 Å². The molecule has 0 bridgehead atoms. The normalized spacial score (nSPS) is 18.9. The molecule has 0 saturated heterocycles. The third-order valence-corrected chi connectivity index (χ3v) is 2.98. The maximum atomic E-state index is 8.88. The highest BCUT2D eigenvalue weighted by Gasteiger charge is 2.27. The van der Waals surface area contributed by atoms with Gasteiger partial charge < -0.3 is 0 Å². The van der Waals surface area contributed by atoms with Crippen molar-refractivity contribution in [2.24, 2.45) is 5.92 Å². The molecule has 0 heterocycles. The van der Waals surface area contributed by atoms with Crippen LogP contribution >= 0.6 is 0 Å². The second-order valence-electron chi connectivity index (χ2n) is 4.35. The van der Waals surface area contributed by atoms with Crippen LogP contribution in [0.5, 0.6) is 0 Å². The quantitative estimate of drug-likeness (QED) is 0.641. The minimum Gasteiger partial charge on any atom is -0.289 e. The summed E-state index contributed by atoms with van der Waals surface area (Å²) in [6, 6.07) is 2.32. The summed E-state index contributed by atoms with van der Waals surface area (Å²) in [4.78, 5) is 2.16. The van der Waals surface area contributed by atoms with E-state index < -0.39 is 0 Å². The maximum absolute atomic E-state index is 8.88. The number of hydrogen-bond acceptors (Lipinski definition) is 2. The molecule has 2 nitrogen and oxygen atoms in total. The van der Waals surface area contributed by atoms with Crippen molar-refractivity contribution in [3.05, 3.63) is 0 Å². The average Bonchev–Trinajstić information content (AvgIpc) is 1.96. The summed E-state index contributed by atoms with van der Waals surface area (Å²) in [5.41, 5.74) is -0.296. The van der Waals surface area contributed by atoms with Crippen LogP contribution in [0.25, 0.3) is 0 Å². The summed E-state index contributed by atoms with van der Waals surface area (Å²) in [6.45, 7) is 5.04. The fourth-order valence-corrected chi connectivity index (χ4v) is 1.38. The Balaban J connectivity index is 2.36. The van der Waals surface area contributed by atoms with Crippen LogP contribution in [0, 0.1) is 17.2 Å². The van der Waals surface area contributed by atoms with Crippen LogP contribution in [0.1, 0.15) is 33.1 Å². The zero-order chi connectivity index (χ0) is 9.19. The number of nitriles is 1. The fraction of sp³-hybridized carbons (Fsp3) is 0.900. The van der Waals surface area contributed by atoms with Gasteiger partial charge in [-0.25, -0.2) is 0 Å². The van der Waals surface area contributed by atoms with Gasteiger partial charge in [-0.15, -0.1) is 0 Å². The van der Waals surface area contributed by atoms with Gasteiger partial charge in [0.2, 0.25) is 0 Å². The van der Waals surface area contributed by atoms with Gasteiger partial charge in [-0.1, -0.05) is 6.42 Å². The Morgan fingerprint density at radius 1 is 1.50 bits per heavy atom. The molecule has 0 N–H and O–H groups in total. The summed E-state index contributed by atoms with van der Waals surface area (Å²) in [5.74, 6) is 0.850. The Kier molecular flexibility index (Phi) is 2.74. The maximum Gasteiger partial charge on any atom is 0.103 e. The van der Waals surface area contributed by atoms with Gasteiger partial charge in [0, 0.05) is 6.54 Å². The minimum atomic E-state index is -0.296. The largest absolute Gasteiger partial charge is 0.289 e. The van der Waals surface area contributed by atoms with Gasteiger partial charge >= 0.3 is 0 Å². The molecule has 0 aromatic rings. The molecule has 2 heteroatoms. The van der Waals surface area contributed by atoms with E-state index in [1.54, 1.807) is 0 Å². The molecule has 0 radical (unpaired) electrons. The zero-order valence-electron chi connectivity index (χ0n) is 8.30. The number of hydrogen-bond donors (Lipinski definition) is 0. The highest BCUT2D eigenvalue weighted by atomic mass is 15.2. The first-order chi connectivity index (χ1) is 5.56. The summed E-state index contributed by atoms with van der Waals surface area (Å²) in [7, 11) is 2.04. The zero-order valence-corrected chi connectivity index (χ0v) is 8.30. The van der Waals surface area contributed by atoms with Crippen molar-refractivity contribution in [1.82, 2.24) is 4.90 Å². The van der Waals surface area contributed by atoms with E-state index in [-0.39, 0.29) is 5.54 Å². The number of nitrogens with zero attached hydrogens (tertiary/aromatic N) is 2. The summed E-state index contributed by atoms with van der Waals surface area (Å²) < 4.78 is 0. The Labute approximate surface area is 75.2 Å². The van der Waals surface area contributed by atoms with Gasteiger partial charge in [-0.05, 0) is 39.7 Å². The summed E-state index contributed by atoms with van der Waals surface area (Å²) in [5, 5.41) is 8.88. The van der Waals surface area contributed by atoms with Crippen LogP contribution in [0.2, 0.25) is 0 Å². The highest BCUT2D eigenvalue weighted by Crippen LogP contribution is 2.28. The molecular weight excluding hydrogens is 148 g/mol. The molecule has 12 heavy (non-hydrogen) atoms. The second-order valence-corrected chi connectivity index (χ2v) is 4.35. The molecule has 0 spiro atoms. The molecule has 1 aliphatic rings. The van der Waals surface area contributed by atoms with E-state index in [1.165, 1.54) is 19.3 Å². The minimum absolute atomic E-state index is 0.296. The van der Waals surface area contributed by atoms with E-state index in [0.717, 1.165) is 12.5 Å². The van der Waals surface area contributed by atoms with Gasteiger partial charge in [0.15, 0.2) is 0 Å². The molecule has 1 aliphatic carbocycles. The van der Waals surface area contributed by atoms with Crippen molar-refractivity contribution in [2.75, 3.05) is 13.6 Å². The number of rotatable bonds is 3. The molecule has 0 unspecified atom stereocenters. The molecule has 0 aromatic heterocycles. The highest BCUT2D eigenvalue weighted by molar-refractivity contribution is 5.01. The molecule has 1 saturated carbocycles. The van der Waals surface area contributed by atoms with Crippen molar-refractivity contribution >= 4 is 0 Å². The summed E-state index contributed by atoms with van der Waals surface area (Å²) in [6.07, 6.45) is 4.09. The third kappa shape index (κ3) is 1.98. The van der Waals surface area contributed by atoms with E-state index in [9.17, 15) is 0 Å². The lowest BCUT2D eigenvalue weighted by molar-refractivity contribution is 0.142. The molecule has 68 valence electrons. The molecule has 0 atom stereocenters. The van der Waals surface area contributed by atoms with Crippen molar-refractivity contribution < 1.29 is 0 Å². The van der Waals surface area contributed by atoms with Gasteiger partial charge in [0.25, 0.3) is 0 Å². The van der Waals surface area contributed by atoms with E-state index >= 15 is 0 Å². The summed E-state index contributed by atoms with van der Waals surface area (Å²) >= 11 is 0. The predicted molar refractivity (Wildman–Crippen MR) is 49.7 cm³/mol. The van der Waals surface area contributed by atoms with Crippen LogP contribution in [-0.2, 0) is 0 Å². The molecule has 1 fully saturated rings. The lowest BCUT2D eigenvalue weighted by atomic mass is 9.84. The van der Waals surface area contributed by atoms with Crippen molar-refractivity contribution in [1.29, 1.82) is 5.26 Å². The first-order valence-electron chi connectivity index (χ1n) is 4.69. The first kappa shape index (κ1) is 9.54. The van der Waals surface area contributed by atoms with E-state index in [1.807, 2.05) is 20.9 Å². The van der Waals surface area contributed by atoms with Crippen LogP contribution in [0.4, 0.5) is 0 Å². The molecule has 0 amide bonds. The molecule has 0 aliphatic heterocycles. The Morgan fingerprint density at radius 3 is 2.42 bits per heavy atom. The molecular formula is C10H18N2. The van der Waals surface area contributed by atoms with Crippen LogP contribution in [-0.4, -0.2) is 24.0 Å². The van der Waals surface area contributed by atoms with Crippen LogP contribution < -0.4 is 0 Å². The van der Waals surface area contributed by atoms with Gasteiger partial charge in [-0.2, -0.15) is 5.26 Å². The Hall–Kier alpha value is -0.550. The van der Waals surface area contributed by atoms with Crippen molar-refractivity contribution in [3.63, 3.8) is 0 Å². The lowest BCUT2D eigenvalue weighted by Crippen LogP contribution is -2.43. The topological polar surface area (TPSA) is 27.0 Å². The Morgan fingerprint density at radius 2 is 2.08 bits per heavy atom. The van der Waals surface area contributed by atoms with E-state index in [4.69, 9.17) is 5.26 Å². The molecule has 1 rings (SSSR count). The Bertz CT molecular complexity index is 187. The third-order valence-electron chi connectivity index (χ3n) is 2.98.